The molecule has 0 aliphatic carbocycles. The molecule has 17 rings (SSSR count). The lowest BCUT2D eigenvalue weighted by atomic mass is 9.80. The number of nitrogens with zero attached hydrogens (tertiary/aromatic N) is 20. The number of ether oxygens (including phenoxy) is 1. The van der Waals surface area contributed by atoms with E-state index in [1.54, 1.807) is 52.9 Å². The fraction of sp³-hybridized carbons (Fsp3) is 0.550. The summed E-state index contributed by atoms with van der Waals surface area (Å²) < 4.78 is 34.7. The molecule has 6 aromatic heterocycles. The Kier molecular flexibility index (Phi) is 24.7. The molecule has 0 radical (unpaired) electrons. The van der Waals surface area contributed by atoms with E-state index in [-0.39, 0.29) is 35.4 Å². The highest BCUT2D eigenvalue weighted by molar-refractivity contribution is 7.91. The second-order valence-corrected chi connectivity index (χ2v) is 36.6. The highest BCUT2D eigenvalue weighted by Gasteiger charge is 2.42. The lowest BCUT2D eigenvalue weighted by Gasteiger charge is -2.48. The van der Waals surface area contributed by atoms with Gasteiger partial charge in [0.05, 0.1) is 53.9 Å². The third-order valence-electron chi connectivity index (χ3n) is 24.7. The van der Waals surface area contributed by atoms with Gasteiger partial charge in [-0.25, -0.2) is 52.4 Å². The number of carbonyl (C=O) groups excluding carboxylic acids is 1. The van der Waals surface area contributed by atoms with Gasteiger partial charge in [0.15, 0.2) is 28.3 Å². The number of hydrogen-bond acceptors (Lipinski definition) is 21. The molecule has 592 valence electrons. The minimum absolute atomic E-state index is 0.0402. The topological polar surface area (TPSA) is 270 Å². The fourth-order valence-electron chi connectivity index (χ4n) is 18.0. The van der Waals surface area contributed by atoms with Gasteiger partial charge in [-0.2, -0.15) is 25.8 Å². The molecule has 1 amide bonds. The Labute approximate surface area is 684 Å². The van der Waals surface area contributed by atoms with Crippen LogP contribution in [-0.4, -0.2) is 217 Å². The third kappa shape index (κ3) is 17.4. The number of sulfone groups is 1. The number of likely N-dealkylation sites (tertiary alicyclic amines) is 3. The average molecular weight is 1660 g/mol. The molecule has 112 heavy (non-hydrogen) atoms. The van der Waals surface area contributed by atoms with Crippen molar-refractivity contribution >= 4 is 136 Å². The van der Waals surface area contributed by atoms with Crippen molar-refractivity contribution in [2.45, 2.75) is 129 Å². The summed E-state index contributed by atoms with van der Waals surface area (Å²) in [5, 5.41) is 39.5. The molecule has 6 atom stereocenters. The van der Waals surface area contributed by atoms with Gasteiger partial charge in [-0.3, -0.25) is 9.69 Å². The number of amides is 1. The maximum Gasteiger partial charge on any atom is 0.216 e. The van der Waals surface area contributed by atoms with E-state index in [4.69, 9.17) is 99.4 Å². The Hall–Kier alpha value is -7.31. The van der Waals surface area contributed by atoms with Crippen molar-refractivity contribution in [2.75, 3.05) is 131 Å². The van der Waals surface area contributed by atoms with Gasteiger partial charge in [0, 0.05) is 134 Å². The van der Waals surface area contributed by atoms with Crippen LogP contribution >= 0.6 is 69.6 Å². The predicted molar refractivity (Wildman–Crippen MR) is 440 cm³/mol. The molecular weight excluding hydrogens is 1560 g/mol. The van der Waals surface area contributed by atoms with E-state index in [2.05, 4.69) is 73.9 Å². The number of benzene rings is 3. The summed E-state index contributed by atoms with van der Waals surface area (Å²) in [6, 6.07) is 21.1. The largest absolute Gasteiger partial charge is 0.381 e. The standard InChI is InChI=1S/C27H31Cl2N7O2S.C27H31Cl2N7O.C26H33Cl2N7O/c1-17(22-5-4-20(28)11-23(22)29)36-27-26(24(12-30)33-36)31-13-25(32-27)35-15-19(16-35)18-3-2-8-34(14-18)21-6-9-39(37,38)10-7-21;1-17(22-5-4-20(28)11-23(22)29)36-27-26(24(12-30)33-36)31-13-25(32-27)35-15-19(16-35)18-3-2-8-34(14-18)21-6-9-37-10-7-21;1-16-25-26(35(32-16)17(2)22-7-6-21(27)11-23(22)28)31-24(12-30-25)34-14-20(15-34)19-5-4-9-33(13-19)10-8-29-18(3)36/h4-5,11,13,17-19,21H,2-3,6-10,14-16H2,1H3;4-5,11,13,17-19,21H,2-3,6-10,14-16H2,1H3;6-7,11-12,17,19-20H,4-5,8-10,13-15H2,1-3H3,(H,29,36). The van der Waals surface area contributed by atoms with E-state index >= 15 is 0 Å². The Morgan fingerprint density at radius 2 is 0.902 bits per heavy atom. The van der Waals surface area contributed by atoms with Crippen LogP contribution in [0.3, 0.4) is 0 Å². The number of halogens is 6. The van der Waals surface area contributed by atoms with Crippen LogP contribution in [0, 0.1) is 65.1 Å². The highest BCUT2D eigenvalue weighted by atomic mass is 35.5. The number of nitrogens with one attached hydrogen (secondary N) is 1. The Bertz CT molecular complexity index is 5110. The molecule has 6 unspecified atom stereocenters. The third-order valence-corrected chi connectivity index (χ3v) is 28.1. The van der Waals surface area contributed by atoms with Gasteiger partial charge in [0.25, 0.3) is 0 Å². The van der Waals surface area contributed by atoms with E-state index in [0.717, 1.165) is 181 Å². The smallest absolute Gasteiger partial charge is 0.216 e. The quantitative estimate of drug-likeness (QED) is 0.0887. The van der Waals surface area contributed by atoms with Crippen LogP contribution in [0.1, 0.15) is 144 Å². The summed E-state index contributed by atoms with van der Waals surface area (Å²) in [4.78, 5) is 54.6. The van der Waals surface area contributed by atoms with E-state index < -0.39 is 9.84 Å². The molecular formula is C80H95Cl6N21O4S. The molecule has 25 nitrogen and oxygen atoms in total. The lowest BCUT2D eigenvalue weighted by Crippen LogP contribution is -2.55. The number of rotatable bonds is 17. The first-order valence-electron chi connectivity index (χ1n) is 39.4. The van der Waals surface area contributed by atoms with E-state index in [9.17, 15) is 23.7 Å². The molecule has 3 aromatic carbocycles. The molecule has 14 heterocycles. The molecule has 8 saturated heterocycles. The second-order valence-electron chi connectivity index (χ2n) is 31.8. The molecule has 0 saturated carbocycles. The molecule has 8 aliphatic heterocycles. The molecule has 8 aliphatic rings. The summed E-state index contributed by atoms with van der Waals surface area (Å²) in [6.07, 6.45) is 16.7. The number of carbonyl (C=O) groups is 1. The lowest BCUT2D eigenvalue weighted by molar-refractivity contribution is -0.119. The molecule has 9 aromatic rings. The average Bonchev–Trinajstić information content (AvgIpc) is 1.50. The number of hydrogen-bond donors (Lipinski definition) is 1. The van der Waals surface area contributed by atoms with Gasteiger partial charge in [0.1, 0.15) is 56.0 Å². The number of aryl methyl sites for hydroxylation is 1. The molecule has 0 spiro atoms. The van der Waals surface area contributed by atoms with Crippen LogP contribution < -0.4 is 20.0 Å². The van der Waals surface area contributed by atoms with Crippen molar-refractivity contribution in [1.82, 2.24) is 79.3 Å². The maximum absolute atomic E-state index is 11.9. The maximum atomic E-state index is 11.9. The van der Waals surface area contributed by atoms with Crippen molar-refractivity contribution in [1.29, 1.82) is 10.5 Å². The van der Waals surface area contributed by atoms with Crippen LogP contribution in [0.4, 0.5) is 17.5 Å². The summed E-state index contributed by atoms with van der Waals surface area (Å²) >= 11 is 37.7. The molecule has 1 N–H and O–H groups in total. The number of piperidine rings is 3. The van der Waals surface area contributed by atoms with Crippen molar-refractivity contribution in [3.63, 3.8) is 0 Å². The van der Waals surface area contributed by atoms with Crippen LogP contribution in [-0.2, 0) is 19.4 Å². The van der Waals surface area contributed by atoms with Crippen LogP contribution in [0.25, 0.3) is 33.5 Å². The number of nitriles is 2. The van der Waals surface area contributed by atoms with Gasteiger partial charge >= 0.3 is 0 Å². The zero-order valence-corrected chi connectivity index (χ0v) is 69.2. The van der Waals surface area contributed by atoms with Crippen LogP contribution in [0.2, 0.25) is 30.1 Å². The Balaban J connectivity index is 0.000000133. The number of aromatic nitrogens is 12. The SMILES string of the molecule is CC(=O)NCCN1CCCC(C2CN(c3cnc4c(C)nn(C(C)c5ccc(Cl)cc5Cl)c4n3)C2)C1.CC(c1ccc(Cl)cc1Cl)n1nc(C#N)c2ncc(N3CC(C4CCCN(C5CCOCC5)C4)C3)nc21.CC(c1ccc(Cl)cc1Cl)n1nc(C#N)c2ncc(N3CC(C4CCCN(C5CCS(=O)(=O)CC5)C4)C3)nc21. The Morgan fingerprint density at radius 1 is 0.518 bits per heavy atom. The molecule has 32 heteroatoms. The summed E-state index contributed by atoms with van der Waals surface area (Å²) in [7, 11) is -2.84. The minimum Gasteiger partial charge on any atom is -0.381 e. The summed E-state index contributed by atoms with van der Waals surface area (Å²) in [5.41, 5.74) is 7.73. The van der Waals surface area contributed by atoms with Crippen molar-refractivity contribution in [3.05, 3.63) is 137 Å². The summed E-state index contributed by atoms with van der Waals surface area (Å²) in [5.74, 6) is 7.12. The molecule has 8 fully saturated rings. The number of fused-ring (bicyclic) bond motifs is 3. The predicted octanol–water partition coefficient (Wildman–Crippen LogP) is 13.6. The minimum atomic E-state index is -2.84. The monoisotopic (exact) mass is 1660 g/mol. The second kappa shape index (κ2) is 34.6. The van der Waals surface area contributed by atoms with Crippen LogP contribution in [0.5, 0.6) is 0 Å². The zero-order chi connectivity index (χ0) is 78.2. The van der Waals surface area contributed by atoms with Gasteiger partial charge in [-0.1, -0.05) is 87.8 Å². The van der Waals surface area contributed by atoms with E-state index in [1.165, 1.54) is 45.2 Å². The van der Waals surface area contributed by atoms with Crippen LogP contribution in [0.15, 0.2) is 73.2 Å². The van der Waals surface area contributed by atoms with E-state index in [1.807, 2.05) is 62.0 Å². The fourth-order valence-corrected chi connectivity index (χ4v) is 21.2. The molecule has 0 bridgehead atoms. The van der Waals surface area contributed by atoms with E-state index in [0.29, 0.717) is 106 Å². The van der Waals surface area contributed by atoms with Crippen molar-refractivity contribution in [3.8, 4) is 12.1 Å². The number of anilines is 3. The first-order chi connectivity index (χ1) is 54.0. The van der Waals surface area contributed by atoms with Crippen molar-refractivity contribution in [2.24, 2.45) is 35.5 Å². The van der Waals surface area contributed by atoms with Gasteiger partial charge in [0.2, 0.25) is 5.91 Å². The van der Waals surface area contributed by atoms with Crippen molar-refractivity contribution < 1.29 is 17.9 Å². The van der Waals surface area contributed by atoms with Gasteiger partial charge in [-0.05, 0) is 200 Å². The van der Waals surface area contributed by atoms with Gasteiger partial charge in [-0.15, -0.1) is 0 Å². The first-order valence-corrected chi connectivity index (χ1v) is 43.5. The van der Waals surface area contributed by atoms with Gasteiger partial charge < -0.3 is 34.6 Å². The highest BCUT2D eigenvalue weighted by Crippen LogP contribution is 2.41. The Morgan fingerprint density at radius 3 is 1.31 bits per heavy atom. The zero-order valence-electron chi connectivity index (χ0n) is 63.8. The normalized spacial score (nSPS) is 22.0. The first kappa shape index (κ1) is 79.9. The summed E-state index contributed by atoms with van der Waals surface area (Å²) in [6.45, 7) is 25.6.